The summed E-state index contributed by atoms with van der Waals surface area (Å²) in [6, 6.07) is 76.9. The molecule has 77 heavy (non-hydrogen) atoms. The van der Waals surface area contributed by atoms with Crippen LogP contribution in [0.3, 0.4) is 0 Å². The summed E-state index contributed by atoms with van der Waals surface area (Å²) in [4.78, 5) is 7.73. The van der Waals surface area contributed by atoms with Crippen molar-refractivity contribution in [2.75, 3.05) is 0 Å². The predicted molar refractivity (Wildman–Crippen MR) is 261 cm³/mol. The highest BCUT2D eigenvalue weighted by Crippen LogP contribution is 2.35. The van der Waals surface area contributed by atoms with Crippen LogP contribution in [0.2, 0.25) is 0 Å². The standard InChI is InChI=1S/C48H36IO2S2.3CHF3O3S/c1-5-13-43(14-6-1)52(44-15-7-2-8-16-44)47-33-29-41(30-34-47)50-39-25-21-37(22-26-39)49-38-23-27-40(28-24-38)51-42-31-35-48(36-32-42)53(45-17-9-3-10-18-45)46-19-11-4-12-20-46;3*2-1(3,4)8(5,6)7/h1-36H;3*(H,5,6,7)/q+3;;;/p-3. The van der Waals surface area contributed by atoms with Gasteiger partial charge in [0.15, 0.2) is 66.9 Å². The minimum absolute atomic E-state index is 0.179. The van der Waals surface area contributed by atoms with Crippen LogP contribution < -0.4 is 30.7 Å². The van der Waals surface area contributed by atoms with E-state index in [1.807, 2.05) is 0 Å². The Bertz CT molecular complexity index is 3100. The normalized spacial score (nSPS) is 12.0. The monoisotopic (exact) mass is 1280 g/mol. The molecule has 0 saturated heterocycles. The first kappa shape index (κ1) is 61.7. The highest BCUT2D eigenvalue weighted by Gasteiger charge is 2.38. The van der Waals surface area contributed by atoms with Crippen molar-refractivity contribution in [3.8, 4) is 23.0 Å². The molecule has 8 aromatic rings. The highest BCUT2D eigenvalue weighted by atomic mass is 127. The topological polar surface area (TPSA) is 190 Å². The third kappa shape index (κ3) is 19.4. The molecule has 0 N–H and O–H groups in total. The molecule has 0 radical (unpaired) electrons. The Kier molecular flexibility index (Phi) is 21.6. The fourth-order valence-electron chi connectivity index (χ4n) is 5.86. The van der Waals surface area contributed by atoms with E-state index in [2.05, 4.69) is 218 Å². The van der Waals surface area contributed by atoms with Crippen LogP contribution in [0.1, 0.15) is 0 Å². The van der Waals surface area contributed by atoms with Gasteiger partial charge in [0, 0.05) is 0 Å². The summed E-state index contributed by atoms with van der Waals surface area (Å²) in [7, 11) is -18.6. The highest BCUT2D eigenvalue weighted by molar-refractivity contribution is 7.97. The van der Waals surface area contributed by atoms with Crippen LogP contribution in [-0.4, -0.2) is 55.4 Å². The smallest absolute Gasteiger partial charge is 0.485 e. The van der Waals surface area contributed by atoms with Gasteiger partial charge in [-0.1, -0.05) is 72.8 Å². The molecular formula is C51H36F9IO11S5. The molecule has 8 aromatic carbocycles. The minimum atomic E-state index is -6.09. The van der Waals surface area contributed by atoms with Crippen LogP contribution in [-0.2, 0) is 52.1 Å². The van der Waals surface area contributed by atoms with Crippen molar-refractivity contribution in [3.63, 3.8) is 0 Å². The Morgan fingerprint density at radius 3 is 0.649 bits per heavy atom. The van der Waals surface area contributed by atoms with Gasteiger partial charge in [-0.05, 0) is 146 Å². The van der Waals surface area contributed by atoms with E-state index in [1.165, 1.54) is 36.5 Å². The van der Waals surface area contributed by atoms with Crippen molar-refractivity contribution in [2.24, 2.45) is 0 Å². The van der Waals surface area contributed by atoms with Gasteiger partial charge in [-0.15, -0.1) is 0 Å². The molecule has 0 bridgehead atoms. The molecule has 406 valence electrons. The molecule has 0 aliphatic carbocycles. The van der Waals surface area contributed by atoms with Gasteiger partial charge < -0.3 is 23.1 Å². The van der Waals surface area contributed by atoms with E-state index in [-0.39, 0.29) is 43.0 Å². The molecule has 0 aliphatic rings. The second-order valence-electron chi connectivity index (χ2n) is 14.7. The summed E-state index contributed by atoms with van der Waals surface area (Å²) < 4.78 is 192. The molecule has 0 unspecified atom stereocenters. The number of halogens is 10. The molecule has 8 rings (SSSR count). The number of ether oxygens (including phenoxy) is 2. The lowest BCUT2D eigenvalue weighted by molar-refractivity contribution is -0.597. The predicted octanol–water partition coefficient (Wildman–Crippen LogP) is 9.74. The van der Waals surface area contributed by atoms with Gasteiger partial charge in [0.25, 0.3) is 0 Å². The first-order chi connectivity index (χ1) is 36.0. The van der Waals surface area contributed by atoms with Gasteiger partial charge in [-0.3, -0.25) is 0 Å². The summed E-state index contributed by atoms with van der Waals surface area (Å²) in [6.45, 7) is 0. The zero-order valence-corrected chi connectivity index (χ0v) is 44.8. The van der Waals surface area contributed by atoms with Crippen LogP contribution in [0.15, 0.2) is 248 Å². The van der Waals surface area contributed by atoms with E-state index < -0.39 is 46.9 Å². The van der Waals surface area contributed by atoms with E-state index >= 15 is 0 Å². The summed E-state index contributed by atoms with van der Waals surface area (Å²) >= 11 is -0.341. The fourth-order valence-corrected chi connectivity index (χ4v) is 12.2. The molecule has 0 saturated carbocycles. The molecule has 26 heteroatoms. The van der Waals surface area contributed by atoms with Crippen molar-refractivity contribution < 1.29 is 109 Å². The van der Waals surface area contributed by atoms with Crippen molar-refractivity contribution in [1.29, 1.82) is 0 Å². The average molecular weight is 1280 g/mol. The lowest BCUT2D eigenvalue weighted by Gasteiger charge is -2.09. The molecule has 0 atom stereocenters. The van der Waals surface area contributed by atoms with Gasteiger partial charge in [-0.2, -0.15) is 39.5 Å². The summed E-state index contributed by atoms with van der Waals surface area (Å²) in [5.41, 5.74) is -16.9. The van der Waals surface area contributed by atoms with Crippen molar-refractivity contribution in [1.82, 2.24) is 0 Å². The molecular weight excluding hydrogens is 1250 g/mol. The Hall–Kier alpha value is -6.11. The third-order valence-corrected chi connectivity index (χ3v) is 18.0. The second kappa shape index (κ2) is 27.0. The molecule has 0 aromatic heterocycles. The van der Waals surface area contributed by atoms with E-state index in [0.717, 1.165) is 23.0 Å². The van der Waals surface area contributed by atoms with Crippen molar-refractivity contribution in [3.05, 3.63) is 226 Å². The van der Waals surface area contributed by atoms with Crippen LogP contribution in [0.5, 0.6) is 23.0 Å². The van der Waals surface area contributed by atoms with Gasteiger partial charge in [0.2, 0.25) is 0 Å². The van der Waals surface area contributed by atoms with Gasteiger partial charge in [0.1, 0.15) is 23.0 Å². The van der Waals surface area contributed by atoms with Crippen molar-refractivity contribution in [2.45, 2.75) is 45.9 Å². The third-order valence-electron chi connectivity index (χ3n) is 9.20. The van der Waals surface area contributed by atoms with E-state index in [1.54, 1.807) is 0 Å². The molecule has 11 nitrogen and oxygen atoms in total. The fraction of sp³-hybridized carbons (Fsp3) is 0.0588. The zero-order chi connectivity index (χ0) is 56.7. The van der Waals surface area contributed by atoms with Gasteiger partial charge >= 0.3 is 37.7 Å². The SMILES string of the molecule is O=S(=O)([O-])C(F)(F)F.O=S(=O)([O-])C(F)(F)F.O=S(=O)([O-])C(F)(F)F.c1ccc([S+](c2ccccc2)c2ccc(Oc3ccc([I+]c4ccc(Oc5ccc([S+](c6ccccc6)c6ccccc6)cc5)cc4)cc3)cc2)cc1. The summed E-state index contributed by atoms with van der Waals surface area (Å²) in [5, 5.41) is 0. The first-order valence-electron chi connectivity index (χ1n) is 21.2. The number of benzene rings is 8. The van der Waals surface area contributed by atoms with Crippen molar-refractivity contribution >= 4 is 52.1 Å². The largest absolute Gasteiger partial charge is 0.741 e. The minimum Gasteiger partial charge on any atom is -0.741 e. The molecule has 0 fully saturated rings. The number of hydrogen-bond donors (Lipinski definition) is 0. The Morgan fingerprint density at radius 1 is 0.299 bits per heavy atom. The quantitative estimate of drug-likeness (QED) is 0.0372. The number of hydrogen-bond acceptors (Lipinski definition) is 11. The van der Waals surface area contributed by atoms with Crippen LogP contribution in [0, 0.1) is 7.14 Å². The van der Waals surface area contributed by atoms with E-state index in [4.69, 9.17) is 48.4 Å². The first-order valence-corrected chi connectivity index (χ1v) is 30.0. The molecule has 0 spiro atoms. The van der Waals surface area contributed by atoms with Crippen LogP contribution in [0.25, 0.3) is 0 Å². The average Bonchev–Trinajstić information content (AvgIpc) is 3.37. The van der Waals surface area contributed by atoms with E-state index in [9.17, 15) is 39.5 Å². The number of alkyl halides is 9. The van der Waals surface area contributed by atoms with E-state index in [0.29, 0.717) is 0 Å². The maximum atomic E-state index is 10.7. The molecule has 0 aliphatic heterocycles. The lowest BCUT2D eigenvalue weighted by Crippen LogP contribution is -3.61. The number of rotatable bonds is 12. The van der Waals surface area contributed by atoms with Crippen LogP contribution in [0.4, 0.5) is 39.5 Å². The summed E-state index contributed by atoms with van der Waals surface area (Å²) in [5.74, 6) is 3.34. The zero-order valence-electron chi connectivity index (χ0n) is 38.6. The Morgan fingerprint density at radius 2 is 0.468 bits per heavy atom. The Labute approximate surface area is 452 Å². The maximum absolute atomic E-state index is 10.7. The lowest BCUT2D eigenvalue weighted by atomic mass is 10.3. The molecule has 0 heterocycles. The van der Waals surface area contributed by atoms with Crippen LogP contribution >= 0.6 is 0 Å². The van der Waals surface area contributed by atoms with Gasteiger partial charge in [0.05, 0.1) is 21.8 Å². The van der Waals surface area contributed by atoms with Gasteiger partial charge in [-0.25, -0.2) is 25.3 Å². The second-order valence-corrected chi connectivity index (χ2v) is 25.9. The maximum Gasteiger partial charge on any atom is 0.485 e. The molecule has 0 amide bonds. The summed E-state index contributed by atoms with van der Waals surface area (Å²) in [6.07, 6.45) is 0. The Balaban J connectivity index is 0.000000379.